The quantitative estimate of drug-likeness (QED) is 0.503. The molecule has 13 heavy (non-hydrogen) atoms. The van der Waals surface area contributed by atoms with Gasteiger partial charge in [-0.3, -0.25) is 15.6 Å². The molecule has 7 heteroatoms. The fourth-order valence-corrected chi connectivity index (χ4v) is 5.01. The first-order chi connectivity index (χ1) is 5.90. The van der Waals surface area contributed by atoms with E-state index in [2.05, 4.69) is 0 Å². The first kappa shape index (κ1) is 11.8. The van der Waals surface area contributed by atoms with Gasteiger partial charge in [0.1, 0.15) is 0 Å². The van der Waals surface area contributed by atoms with Crippen LogP contribution in [0.25, 0.3) is 0 Å². The number of hydrogen-bond donors (Lipinski definition) is 3. The third-order valence-corrected chi connectivity index (χ3v) is 5.69. The predicted molar refractivity (Wildman–Crippen MR) is 56.9 cm³/mol. The topological polar surface area (TPSA) is 89.3 Å². The van der Waals surface area contributed by atoms with Crippen LogP contribution in [0.2, 0.25) is 0 Å². The van der Waals surface area contributed by atoms with Crippen molar-refractivity contribution in [2.45, 2.75) is 36.0 Å². The highest BCUT2D eigenvalue weighted by Gasteiger charge is 2.34. The third-order valence-electron chi connectivity index (χ3n) is 2.01. The van der Waals surface area contributed by atoms with Gasteiger partial charge in [0.25, 0.3) is 6.65 Å². The van der Waals surface area contributed by atoms with Crippen molar-refractivity contribution >= 4 is 29.6 Å². The van der Waals surface area contributed by atoms with E-state index in [9.17, 15) is 9.67 Å². The molecule has 0 radical (unpaired) electrons. The maximum atomic E-state index is 11.1. The van der Waals surface area contributed by atoms with E-state index in [1.165, 1.54) is 0 Å². The van der Waals surface area contributed by atoms with Gasteiger partial charge in [-0.05, 0) is 19.3 Å². The Labute approximate surface area is 86.6 Å². The molecule has 0 aromatic carbocycles. The van der Waals surface area contributed by atoms with Crippen LogP contribution < -0.4 is 11.0 Å². The Hall–Kier alpha value is 0.750. The van der Waals surface area contributed by atoms with Gasteiger partial charge in [-0.1, -0.05) is 11.4 Å². The van der Waals surface area contributed by atoms with Gasteiger partial charge < -0.3 is 5.11 Å². The maximum Gasteiger partial charge on any atom is 0.261 e. The zero-order valence-corrected chi connectivity index (χ0v) is 9.56. The third kappa shape index (κ3) is 3.78. The van der Waals surface area contributed by atoms with E-state index in [4.69, 9.17) is 22.6 Å². The molecule has 0 aromatic rings. The Morgan fingerprint density at radius 1 is 1.46 bits per heavy atom. The molecule has 1 aliphatic rings. The lowest BCUT2D eigenvalue weighted by atomic mass is 9.97. The second-order valence-corrected chi connectivity index (χ2v) is 8.19. The molecule has 0 saturated heterocycles. The van der Waals surface area contributed by atoms with E-state index in [-0.39, 0.29) is 10.6 Å². The molecule has 1 fully saturated rings. The van der Waals surface area contributed by atoms with Crippen molar-refractivity contribution in [1.29, 1.82) is 0 Å². The minimum absolute atomic E-state index is 0.0914. The van der Waals surface area contributed by atoms with Crippen molar-refractivity contribution in [3.05, 3.63) is 0 Å². The molecular weight excluding hydrogens is 231 g/mol. The van der Waals surface area contributed by atoms with Crippen LogP contribution in [0.5, 0.6) is 0 Å². The predicted octanol–water partition coefficient (Wildman–Crippen LogP) is 1.27. The van der Waals surface area contributed by atoms with Crippen LogP contribution in [-0.4, -0.2) is 21.8 Å². The van der Waals surface area contributed by atoms with Gasteiger partial charge in [-0.15, -0.1) is 11.6 Å². The molecule has 0 aliphatic heterocycles. The van der Waals surface area contributed by atoms with Crippen LogP contribution >= 0.6 is 29.6 Å². The highest BCUT2D eigenvalue weighted by atomic mass is 35.5. The summed E-state index contributed by atoms with van der Waals surface area (Å²) in [5.41, 5.74) is 10.5. The number of alkyl halides is 1. The lowest BCUT2D eigenvalue weighted by Crippen LogP contribution is -2.35. The molecule has 1 saturated carbocycles. The standard InChI is InChI=1S/C6H14ClN2O2PS/c7-6-4(10)2-1-3-5(6)13-12(8,9)11/h4-6,10H,1-3H2,(H4,8,9,11)/t4?,5?,6-/m0/s1. The molecule has 0 aromatic heterocycles. The summed E-state index contributed by atoms with van der Waals surface area (Å²) in [6.07, 6.45) is 1.86. The molecule has 0 bridgehead atoms. The van der Waals surface area contributed by atoms with E-state index in [1.807, 2.05) is 0 Å². The fraction of sp³-hybridized carbons (Fsp3) is 1.00. The second kappa shape index (κ2) is 4.51. The average Bonchev–Trinajstić information content (AvgIpc) is 1.96. The maximum absolute atomic E-state index is 11.1. The molecule has 5 N–H and O–H groups in total. The Balaban J connectivity index is 2.54. The molecule has 1 rings (SSSR count). The fourth-order valence-electron chi connectivity index (χ4n) is 1.42. The summed E-state index contributed by atoms with van der Waals surface area (Å²) < 4.78 is 11.1. The van der Waals surface area contributed by atoms with E-state index >= 15 is 0 Å². The van der Waals surface area contributed by atoms with Crippen LogP contribution in [-0.2, 0) is 4.57 Å². The van der Waals surface area contributed by atoms with Crippen LogP contribution in [0.4, 0.5) is 0 Å². The molecule has 2 unspecified atom stereocenters. The summed E-state index contributed by atoms with van der Waals surface area (Å²) >= 11 is 6.94. The summed E-state index contributed by atoms with van der Waals surface area (Å²) in [7, 11) is 0. The normalized spacial score (nSPS) is 36.2. The Morgan fingerprint density at radius 2 is 2.08 bits per heavy atom. The zero-order valence-electron chi connectivity index (χ0n) is 7.10. The van der Waals surface area contributed by atoms with Gasteiger partial charge in [0, 0.05) is 5.25 Å². The monoisotopic (exact) mass is 244 g/mol. The van der Waals surface area contributed by atoms with Gasteiger partial charge in [0.15, 0.2) is 0 Å². The van der Waals surface area contributed by atoms with Gasteiger partial charge in [0.05, 0.1) is 11.5 Å². The molecule has 3 atom stereocenters. The van der Waals surface area contributed by atoms with Crippen molar-refractivity contribution < 1.29 is 9.67 Å². The number of nitrogens with two attached hydrogens (primary N) is 2. The lowest BCUT2D eigenvalue weighted by molar-refractivity contribution is 0.137. The summed E-state index contributed by atoms with van der Waals surface area (Å²) in [5.74, 6) is 0. The summed E-state index contributed by atoms with van der Waals surface area (Å²) in [6, 6.07) is 0. The van der Waals surface area contributed by atoms with Crippen LogP contribution in [0.3, 0.4) is 0 Å². The van der Waals surface area contributed by atoms with Crippen molar-refractivity contribution in [3.63, 3.8) is 0 Å². The molecular formula is C6H14ClN2O2PS. The second-order valence-electron chi connectivity index (χ2n) is 3.23. The number of aliphatic hydroxyl groups is 1. The molecule has 0 spiro atoms. The van der Waals surface area contributed by atoms with Gasteiger partial charge in [0.2, 0.25) is 0 Å². The minimum Gasteiger partial charge on any atom is -0.392 e. The smallest absolute Gasteiger partial charge is 0.261 e. The molecule has 1 aliphatic carbocycles. The average molecular weight is 245 g/mol. The minimum atomic E-state index is -3.08. The highest BCUT2D eigenvalue weighted by molar-refractivity contribution is 8.57. The molecule has 4 nitrogen and oxygen atoms in total. The number of hydrogen-bond acceptors (Lipinski definition) is 3. The SMILES string of the molecule is NP(N)(=O)SC1CCCC(O)[C@@H]1Cl. The van der Waals surface area contributed by atoms with E-state index in [0.29, 0.717) is 6.42 Å². The summed E-state index contributed by atoms with van der Waals surface area (Å²) in [5, 5.41) is 8.95. The van der Waals surface area contributed by atoms with E-state index in [1.54, 1.807) is 0 Å². The van der Waals surface area contributed by atoms with Crippen molar-refractivity contribution in [2.24, 2.45) is 11.0 Å². The van der Waals surface area contributed by atoms with Gasteiger partial charge in [-0.25, -0.2) is 0 Å². The van der Waals surface area contributed by atoms with Gasteiger partial charge in [-0.2, -0.15) is 0 Å². The van der Waals surface area contributed by atoms with E-state index in [0.717, 1.165) is 24.2 Å². The van der Waals surface area contributed by atoms with Crippen molar-refractivity contribution in [3.8, 4) is 0 Å². The summed E-state index contributed by atoms with van der Waals surface area (Å²) in [6.45, 7) is -3.08. The van der Waals surface area contributed by atoms with E-state index < -0.39 is 12.7 Å². The largest absolute Gasteiger partial charge is 0.392 e. The number of rotatable bonds is 2. The molecule has 78 valence electrons. The zero-order chi connectivity index (χ0) is 10.1. The first-order valence-corrected chi connectivity index (χ1v) is 7.84. The Kier molecular flexibility index (Phi) is 4.10. The lowest BCUT2D eigenvalue weighted by Gasteiger charge is -2.31. The van der Waals surface area contributed by atoms with Crippen molar-refractivity contribution in [1.82, 2.24) is 0 Å². The van der Waals surface area contributed by atoms with Gasteiger partial charge >= 0.3 is 0 Å². The van der Waals surface area contributed by atoms with Crippen LogP contribution in [0.1, 0.15) is 19.3 Å². The molecule has 0 amide bonds. The van der Waals surface area contributed by atoms with Crippen LogP contribution in [0.15, 0.2) is 0 Å². The highest BCUT2D eigenvalue weighted by Crippen LogP contribution is 2.50. The van der Waals surface area contributed by atoms with Crippen LogP contribution in [0, 0.1) is 0 Å². The Bertz CT molecular complexity index is 225. The Morgan fingerprint density at radius 3 is 2.62 bits per heavy atom. The summed E-state index contributed by atoms with van der Waals surface area (Å²) in [4.78, 5) is 0. The first-order valence-electron chi connectivity index (χ1n) is 4.08. The number of halogens is 1. The molecule has 0 heterocycles. The number of aliphatic hydroxyl groups excluding tert-OH is 1. The van der Waals surface area contributed by atoms with Crippen molar-refractivity contribution in [2.75, 3.05) is 0 Å².